The van der Waals surface area contributed by atoms with E-state index in [1.165, 1.54) is 0 Å². The number of esters is 1. The van der Waals surface area contributed by atoms with Crippen molar-refractivity contribution in [3.63, 3.8) is 0 Å². The van der Waals surface area contributed by atoms with E-state index in [0.29, 0.717) is 11.8 Å². The fourth-order valence-electron chi connectivity index (χ4n) is 1.96. The average Bonchev–Trinajstić information content (AvgIpc) is 2.92. The second-order valence-corrected chi connectivity index (χ2v) is 5.73. The van der Waals surface area contributed by atoms with Crippen molar-refractivity contribution in [2.75, 3.05) is 18.9 Å². The summed E-state index contributed by atoms with van der Waals surface area (Å²) in [5.74, 6) is 0.771. The molecule has 0 radical (unpaired) electrons. The van der Waals surface area contributed by atoms with Gasteiger partial charge in [0, 0.05) is 5.75 Å². The number of nitrogens with one attached hydrogen (secondary N) is 1. The quantitative estimate of drug-likeness (QED) is 0.407. The Kier molecular flexibility index (Phi) is 7.69. The molecule has 1 rings (SSSR count). The first-order valence-corrected chi connectivity index (χ1v) is 8.05. The molecule has 0 saturated carbocycles. The maximum absolute atomic E-state index is 12.0. The number of thioether (sulfide) groups is 1. The van der Waals surface area contributed by atoms with Gasteiger partial charge in [-0.05, 0) is 33.2 Å². The lowest BCUT2D eigenvalue weighted by molar-refractivity contribution is -0.150. The minimum atomic E-state index is -0.585. The molecule has 0 aliphatic carbocycles. The number of carbonyl (C=O) groups is 1. The maximum Gasteiger partial charge on any atom is 0.326 e. The van der Waals surface area contributed by atoms with Crippen LogP contribution in [0.25, 0.3) is 0 Å². The Morgan fingerprint density at radius 2 is 2.30 bits per heavy atom. The molecule has 1 aromatic rings. The summed E-state index contributed by atoms with van der Waals surface area (Å²) >= 11 is 1.60. The molecule has 1 unspecified atom stereocenters. The Labute approximate surface area is 124 Å². The largest absolute Gasteiger partial charge is 0.465 e. The second-order valence-electron chi connectivity index (χ2n) is 4.69. The van der Waals surface area contributed by atoms with Crippen LogP contribution < -0.4 is 5.32 Å². The summed E-state index contributed by atoms with van der Waals surface area (Å²) in [5.41, 5.74) is -0.585. The van der Waals surface area contributed by atoms with Crippen LogP contribution in [0.4, 0.5) is 0 Å². The average molecular weight is 300 g/mol. The van der Waals surface area contributed by atoms with Gasteiger partial charge in [0.15, 0.2) is 0 Å². The zero-order valence-corrected chi connectivity index (χ0v) is 13.3. The van der Waals surface area contributed by atoms with Crippen molar-refractivity contribution in [1.29, 1.82) is 0 Å². The minimum Gasteiger partial charge on any atom is -0.465 e. The predicted octanol–water partition coefficient (Wildman–Crippen LogP) is 2.87. The summed E-state index contributed by atoms with van der Waals surface area (Å²) in [5, 5.41) is 3.93. The summed E-state index contributed by atoms with van der Waals surface area (Å²) in [7, 11) is 0. The fraction of sp³-hybridized carbons (Fsp3) is 0.714. The lowest BCUT2D eigenvalue weighted by Gasteiger charge is -2.28. The topological polar surface area (TPSA) is 64.4 Å². The third kappa shape index (κ3) is 5.54. The number of rotatable bonds is 10. The first kappa shape index (κ1) is 17.0. The van der Waals surface area contributed by atoms with Crippen LogP contribution >= 0.6 is 11.8 Å². The van der Waals surface area contributed by atoms with Gasteiger partial charge in [0.25, 0.3) is 5.22 Å². The van der Waals surface area contributed by atoms with Crippen molar-refractivity contribution >= 4 is 17.7 Å². The van der Waals surface area contributed by atoms with E-state index in [0.717, 1.165) is 31.6 Å². The van der Waals surface area contributed by atoms with Crippen molar-refractivity contribution in [3.05, 3.63) is 12.5 Å². The van der Waals surface area contributed by atoms with Gasteiger partial charge < -0.3 is 14.5 Å². The molecule has 0 bridgehead atoms. The van der Waals surface area contributed by atoms with Gasteiger partial charge in [-0.3, -0.25) is 4.79 Å². The van der Waals surface area contributed by atoms with Gasteiger partial charge >= 0.3 is 5.97 Å². The monoisotopic (exact) mass is 300 g/mol. The molecule has 0 fully saturated rings. The summed E-state index contributed by atoms with van der Waals surface area (Å²) in [6, 6.07) is 0. The van der Waals surface area contributed by atoms with E-state index in [1.807, 2.05) is 20.8 Å². The van der Waals surface area contributed by atoms with E-state index < -0.39 is 5.54 Å². The number of oxazole rings is 1. The molecule has 0 spiro atoms. The van der Waals surface area contributed by atoms with Gasteiger partial charge in [-0.2, -0.15) is 0 Å². The molecule has 0 amide bonds. The molecule has 20 heavy (non-hydrogen) atoms. The molecule has 0 saturated heterocycles. The zero-order valence-electron chi connectivity index (χ0n) is 12.5. The smallest absolute Gasteiger partial charge is 0.326 e. The zero-order chi connectivity index (χ0) is 14.8. The molecular weight excluding hydrogens is 276 g/mol. The summed E-state index contributed by atoms with van der Waals surface area (Å²) in [4.78, 5) is 16.0. The first-order valence-electron chi connectivity index (χ1n) is 7.07. The van der Waals surface area contributed by atoms with Gasteiger partial charge in [0.1, 0.15) is 11.8 Å². The third-order valence-electron chi connectivity index (χ3n) is 3.00. The molecule has 114 valence electrons. The van der Waals surface area contributed by atoms with E-state index in [-0.39, 0.29) is 5.97 Å². The highest BCUT2D eigenvalue weighted by atomic mass is 32.2. The standard InChI is InChI=1S/C14H24N2O3S/c1-4-16-14(3,12(17)18-5-2)8-6-7-11-20-13-15-9-10-19-13/h9-10,16H,4-8,11H2,1-3H3. The van der Waals surface area contributed by atoms with E-state index in [4.69, 9.17) is 9.15 Å². The molecule has 0 aliphatic heterocycles. The van der Waals surface area contributed by atoms with Crippen LogP contribution in [-0.4, -0.2) is 35.4 Å². The summed E-state index contributed by atoms with van der Waals surface area (Å²) < 4.78 is 10.3. The van der Waals surface area contributed by atoms with E-state index >= 15 is 0 Å². The molecule has 5 nitrogen and oxygen atoms in total. The van der Waals surface area contributed by atoms with Crippen LogP contribution in [0.15, 0.2) is 22.1 Å². The number of nitrogens with zero attached hydrogens (tertiary/aromatic N) is 1. The van der Waals surface area contributed by atoms with Gasteiger partial charge in [-0.15, -0.1) is 0 Å². The lowest BCUT2D eigenvalue weighted by Crippen LogP contribution is -2.50. The summed E-state index contributed by atoms with van der Waals surface area (Å²) in [6.07, 6.45) is 5.95. The molecule has 1 aromatic heterocycles. The van der Waals surface area contributed by atoms with E-state index in [2.05, 4.69) is 10.3 Å². The molecule has 0 aliphatic rings. The van der Waals surface area contributed by atoms with Crippen LogP contribution in [0.5, 0.6) is 0 Å². The Hall–Kier alpha value is -1.01. The number of unbranched alkanes of at least 4 members (excludes halogenated alkanes) is 1. The molecule has 1 atom stereocenters. The van der Waals surface area contributed by atoms with Gasteiger partial charge in [0.2, 0.25) is 0 Å². The number of aromatic nitrogens is 1. The van der Waals surface area contributed by atoms with Gasteiger partial charge in [-0.25, -0.2) is 4.98 Å². The van der Waals surface area contributed by atoms with Crippen LogP contribution in [-0.2, 0) is 9.53 Å². The Bertz CT molecular complexity index is 384. The minimum absolute atomic E-state index is 0.165. The van der Waals surface area contributed by atoms with Crippen LogP contribution in [0, 0.1) is 0 Å². The van der Waals surface area contributed by atoms with Crippen LogP contribution in [0.2, 0.25) is 0 Å². The normalized spacial score (nSPS) is 13.9. The Morgan fingerprint density at radius 1 is 1.50 bits per heavy atom. The van der Waals surface area contributed by atoms with Crippen LogP contribution in [0.1, 0.15) is 40.0 Å². The Morgan fingerprint density at radius 3 is 2.90 bits per heavy atom. The van der Waals surface area contributed by atoms with Crippen molar-refractivity contribution in [2.45, 2.75) is 50.8 Å². The van der Waals surface area contributed by atoms with Crippen molar-refractivity contribution in [1.82, 2.24) is 10.3 Å². The predicted molar refractivity (Wildman–Crippen MR) is 79.8 cm³/mol. The highest BCUT2D eigenvalue weighted by Crippen LogP contribution is 2.20. The van der Waals surface area contributed by atoms with Crippen molar-refractivity contribution < 1.29 is 13.9 Å². The Balaban J connectivity index is 2.29. The third-order valence-corrected chi connectivity index (χ3v) is 3.94. The number of likely N-dealkylation sites (N-methyl/N-ethyl adjacent to an activating group) is 1. The first-order chi connectivity index (χ1) is 9.62. The number of ether oxygens (including phenoxy) is 1. The van der Waals surface area contributed by atoms with Gasteiger partial charge in [0.05, 0.1) is 12.8 Å². The molecule has 1 heterocycles. The van der Waals surface area contributed by atoms with Crippen molar-refractivity contribution in [3.8, 4) is 0 Å². The number of carbonyl (C=O) groups excluding carboxylic acids is 1. The molecule has 6 heteroatoms. The fourth-order valence-corrected chi connectivity index (χ4v) is 2.75. The second kappa shape index (κ2) is 9.02. The number of hydrogen-bond donors (Lipinski definition) is 1. The molecular formula is C14H24N2O3S. The number of hydrogen-bond acceptors (Lipinski definition) is 6. The molecule has 1 N–H and O–H groups in total. The maximum atomic E-state index is 12.0. The highest BCUT2D eigenvalue weighted by molar-refractivity contribution is 7.99. The SMILES string of the molecule is CCNC(C)(CCCCSc1ncco1)C(=O)OCC. The van der Waals surface area contributed by atoms with Crippen LogP contribution in [0.3, 0.4) is 0 Å². The summed E-state index contributed by atoms with van der Waals surface area (Å²) in [6.45, 7) is 6.91. The lowest BCUT2D eigenvalue weighted by atomic mass is 9.95. The van der Waals surface area contributed by atoms with E-state index in [9.17, 15) is 4.79 Å². The van der Waals surface area contributed by atoms with E-state index in [1.54, 1.807) is 24.2 Å². The molecule has 0 aromatic carbocycles. The van der Waals surface area contributed by atoms with Gasteiger partial charge in [-0.1, -0.05) is 25.1 Å². The van der Waals surface area contributed by atoms with Crippen molar-refractivity contribution in [2.24, 2.45) is 0 Å². The highest BCUT2D eigenvalue weighted by Gasteiger charge is 2.32.